The molecule has 0 spiro atoms. The number of methoxy groups -OCH3 is 1. The number of rotatable bonds is 9. The number of benzene rings is 1. The van der Waals surface area contributed by atoms with Crippen molar-refractivity contribution in [3.63, 3.8) is 0 Å². The third-order valence-electron chi connectivity index (χ3n) is 3.30. The van der Waals surface area contributed by atoms with Crippen molar-refractivity contribution in [2.24, 2.45) is 13.0 Å². The van der Waals surface area contributed by atoms with Gasteiger partial charge in [0.2, 0.25) is 0 Å². The smallest absolute Gasteiger partial charge is 0.175 e. The fourth-order valence-corrected chi connectivity index (χ4v) is 2.31. The van der Waals surface area contributed by atoms with Crippen LogP contribution in [-0.2, 0) is 24.6 Å². The molecule has 6 nitrogen and oxygen atoms in total. The molecule has 114 valence electrons. The maximum Gasteiger partial charge on any atom is 0.175 e. The molecule has 1 N–H and O–H groups in total. The highest BCUT2D eigenvalue weighted by atomic mass is 16.5. The van der Waals surface area contributed by atoms with E-state index in [1.54, 1.807) is 14.2 Å². The first-order valence-electron chi connectivity index (χ1n) is 7.24. The largest absolute Gasteiger partial charge is 0.383 e. The number of hydrogen-bond acceptors (Lipinski definition) is 5. The molecule has 0 fully saturated rings. The highest BCUT2D eigenvalue weighted by Crippen LogP contribution is 2.12. The molecule has 1 heterocycles. The first-order chi connectivity index (χ1) is 10.3. The summed E-state index contributed by atoms with van der Waals surface area (Å²) >= 11 is 0. The second kappa shape index (κ2) is 8.49. The van der Waals surface area contributed by atoms with Crippen LogP contribution in [0.5, 0.6) is 0 Å². The Labute approximate surface area is 125 Å². The molecule has 0 aliphatic heterocycles. The van der Waals surface area contributed by atoms with Crippen LogP contribution in [0.2, 0.25) is 0 Å². The second-order valence-corrected chi connectivity index (χ2v) is 5.15. The molecule has 0 aliphatic rings. The predicted molar refractivity (Wildman–Crippen MR) is 80.9 cm³/mol. The van der Waals surface area contributed by atoms with Gasteiger partial charge in [0, 0.05) is 20.1 Å². The van der Waals surface area contributed by atoms with Gasteiger partial charge in [0.05, 0.1) is 13.7 Å². The Kier molecular flexibility index (Phi) is 6.30. The molecular formula is C15H23N5O. The summed E-state index contributed by atoms with van der Waals surface area (Å²) in [7, 11) is 3.51. The maximum atomic E-state index is 5.06. The van der Waals surface area contributed by atoms with Crippen LogP contribution in [-0.4, -0.2) is 47.0 Å². The Balaban J connectivity index is 1.92. The lowest BCUT2D eigenvalue weighted by Crippen LogP contribution is -2.28. The summed E-state index contributed by atoms with van der Waals surface area (Å²) in [5.41, 5.74) is 1.33. The van der Waals surface area contributed by atoms with Crippen LogP contribution < -0.4 is 5.32 Å². The minimum absolute atomic E-state index is 0.438. The van der Waals surface area contributed by atoms with Gasteiger partial charge < -0.3 is 10.1 Å². The standard InChI is InChI=1S/C15H23N5O/c1-20-18-15(17-19-20)11-14(12-16-8-9-21-2)10-13-6-4-3-5-7-13/h3-7,14,16H,8-12H2,1-2H3. The third-order valence-corrected chi connectivity index (χ3v) is 3.30. The van der Waals surface area contributed by atoms with Crippen molar-refractivity contribution in [1.29, 1.82) is 0 Å². The van der Waals surface area contributed by atoms with Crippen molar-refractivity contribution in [3.05, 3.63) is 41.7 Å². The van der Waals surface area contributed by atoms with Crippen LogP contribution in [0.25, 0.3) is 0 Å². The van der Waals surface area contributed by atoms with Gasteiger partial charge in [-0.15, -0.1) is 10.2 Å². The number of nitrogens with one attached hydrogen (secondary N) is 1. The van der Waals surface area contributed by atoms with E-state index in [1.165, 1.54) is 10.4 Å². The molecular weight excluding hydrogens is 266 g/mol. The molecule has 0 aliphatic carbocycles. The predicted octanol–water partition coefficient (Wildman–Crippen LogP) is 0.847. The van der Waals surface area contributed by atoms with E-state index in [9.17, 15) is 0 Å². The van der Waals surface area contributed by atoms with Gasteiger partial charge in [-0.3, -0.25) is 0 Å². The number of aryl methyl sites for hydroxylation is 1. The Morgan fingerprint density at radius 3 is 2.71 bits per heavy atom. The molecule has 21 heavy (non-hydrogen) atoms. The maximum absolute atomic E-state index is 5.06. The van der Waals surface area contributed by atoms with E-state index in [-0.39, 0.29) is 0 Å². The first kappa shape index (κ1) is 15.6. The average molecular weight is 289 g/mol. The molecule has 2 rings (SSSR count). The molecule has 1 atom stereocenters. The molecule has 2 aromatic rings. The van der Waals surface area contributed by atoms with Crippen LogP contribution in [0.1, 0.15) is 11.4 Å². The van der Waals surface area contributed by atoms with Gasteiger partial charge in [-0.25, -0.2) is 0 Å². The molecule has 1 aromatic heterocycles. The number of hydrogen-bond donors (Lipinski definition) is 1. The van der Waals surface area contributed by atoms with Crippen LogP contribution >= 0.6 is 0 Å². The van der Waals surface area contributed by atoms with Gasteiger partial charge in [0.1, 0.15) is 0 Å². The summed E-state index contributed by atoms with van der Waals surface area (Å²) in [6.45, 7) is 2.49. The van der Waals surface area contributed by atoms with E-state index in [1.807, 2.05) is 6.07 Å². The summed E-state index contributed by atoms with van der Waals surface area (Å²) in [6, 6.07) is 10.5. The van der Waals surface area contributed by atoms with Crippen molar-refractivity contribution in [2.75, 3.05) is 26.8 Å². The van der Waals surface area contributed by atoms with E-state index >= 15 is 0 Å². The van der Waals surface area contributed by atoms with E-state index in [0.717, 1.165) is 38.4 Å². The zero-order valence-corrected chi connectivity index (χ0v) is 12.7. The minimum atomic E-state index is 0.438. The molecule has 0 saturated carbocycles. The first-order valence-corrected chi connectivity index (χ1v) is 7.24. The lowest BCUT2D eigenvalue weighted by atomic mass is 9.96. The second-order valence-electron chi connectivity index (χ2n) is 5.15. The zero-order valence-electron chi connectivity index (χ0n) is 12.7. The van der Waals surface area contributed by atoms with Gasteiger partial charge in [0.25, 0.3) is 0 Å². The summed E-state index contributed by atoms with van der Waals surface area (Å²) in [5, 5.41) is 15.7. The van der Waals surface area contributed by atoms with Crippen molar-refractivity contribution >= 4 is 0 Å². The zero-order chi connectivity index (χ0) is 14.9. The van der Waals surface area contributed by atoms with Gasteiger partial charge in [-0.05, 0) is 29.7 Å². The average Bonchev–Trinajstić information content (AvgIpc) is 2.90. The van der Waals surface area contributed by atoms with Crippen LogP contribution in [0.4, 0.5) is 0 Å². The van der Waals surface area contributed by atoms with Crippen LogP contribution in [0.3, 0.4) is 0 Å². The van der Waals surface area contributed by atoms with Crippen LogP contribution in [0.15, 0.2) is 30.3 Å². The SMILES string of the molecule is COCCNCC(Cc1ccccc1)Cc1nnn(C)n1. The molecule has 6 heteroatoms. The Morgan fingerprint density at radius 1 is 1.24 bits per heavy atom. The monoisotopic (exact) mass is 289 g/mol. The van der Waals surface area contributed by atoms with Crippen LogP contribution in [0, 0.1) is 5.92 Å². The third kappa shape index (κ3) is 5.61. The lowest BCUT2D eigenvalue weighted by Gasteiger charge is -2.16. The van der Waals surface area contributed by atoms with Gasteiger partial charge in [-0.1, -0.05) is 30.3 Å². The fourth-order valence-electron chi connectivity index (χ4n) is 2.31. The number of nitrogens with zero attached hydrogens (tertiary/aromatic N) is 4. The fraction of sp³-hybridized carbons (Fsp3) is 0.533. The molecule has 0 amide bonds. The lowest BCUT2D eigenvalue weighted by molar-refractivity contribution is 0.197. The number of ether oxygens (including phenoxy) is 1. The van der Waals surface area contributed by atoms with E-state index in [4.69, 9.17) is 4.74 Å². The van der Waals surface area contributed by atoms with Gasteiger partial charge >= 0.3 is 0 Å². The van der Waals surface area contributed by atoms with Crippen molar-refractivity contribution in [2.45, 2.75) is 12.8 Å². The Morgan fingerprint density at radius 2 is 2.05 bits per heavy atom. The Bertz CT molecular complexity index is 514. The van der Waals surface area contributed by atoms with E-state index in [0.29, 0.717) is 5.92 Å². The van der Waals surface area contributed by atoms with E-state index in [2.05, 4.69) is 45.0 Å². The quantitative estimate of drug-likeness (QED) is 0.693. The Hall–Kier alpha value is -1.79. The molecule has 1 unspecified atom stereocenters. The molecule has 0 radical (unpaired) electrons. The topological polar surface area (TPSA) is 64.9 Å². The highest BCUT2D eigenvalue weighted by Gasteiger charge is 2.13. The van der Waals surface area contributed by atoms with Crippen molar-refractivity contribution < 1.29 is 4.74 Å². The summed E-state index contributed by atoms with van der Waals surface area (Å²) < 4.78 is 5.06. The van der Waals surface area contributed by atoms with Crippen molar-refractivity contribution in [1.82, 2.24) is 25.5 Å². The summed E-state index contributed by atoms with van der Waals surface area (Å²) in [5.74, 6) is 1.24. The number of aromatic nitrogens is 4. The summed E-state index contributed by atoms with van der Waals surface area (Å²) in [4.78, 5) is 1.51. The number of tetrazole rings is 1. The normalized spacial score (nSPS) is 12.5. The minimum Gasteiger partial charge on any atom is -0.383 e. The van der Waals surface area contributed by atoms with Crippen molar-refractivity contribution in [3.8, 4) is 0 Å². The molecule has 0 saturated heterocycles. The van der Waals surface area contributed by atoms with Gasteiger partial charge in [0.15, 0.2) is 5.82 Å². The highest BCUT2D eigenvalue weighted by molar-refractivity contribution is 5.15. The molecule has 0 bridgehead atoms. The van der Waals surface area contributed by atoms with E-state index < -0.39 is 0 Å². The summed E-state index contributed by atoms with van der Waals surface area (Å²) in [6.07, 6.45) is 1.82. The van der Waals surface area contributed by atoms with Gasteiger partial charge in [-0.2, -0.15) is 4.80 Å². The molecule has 1 aromatic carbocycles.